The minimum Gasteiger partial charge on any atom is -0.494 e. The van der Waals surface area contributed by atoms with E-state index in [2.05, 4.69) is 5.32 Å². The molecule has 0 saturated heterocycles. The highest BCUT2D eigenvalue weighted by Crippen LogP contribution is 2.20. The van der Waals surface area contributed by atoms with Crippen molar-refractivity contribution in [2.24, 2.45) is 0 Å². The summed E-state index contributed by atoms with van der Waals surface area (Å²) in [4.78, 5) is 0. The van der Waals surface area contributed by atoms with Crippen molar-refractivity contribution in [1.29, 1.82) is 0 Å². The van der Waals surface area contributed by atoms with Crippen molar-refractivity contribution in [2.45, 2.75) is 19.5 Å². The predicted molar refractivity (Wildman–Crippen MR) is 79.7 cm³/mol. The van der Waals surface area contributed by atoms with Crippen LogP contribution in [0.3, 0.4) is 0 Å². The van der Waals surface area contributed by atoms with E-state index in [0.29, 0.717) is 11.6 Å². The Kier molecular flexibility index (Phi) is 4.99. The fraction of sp³-hybridized carbons (Fsp3) is 0.250. The lowest BCUT2D eigenvalue weighted by atomic mass is 10.1. The predicted octanol–water partition coefficient (Wildman–Crippen LogP) is 4.34. The van der Waals surface area contributed by atoms with Gasteiger partial charge in [-0.25, -0.2) is 4.39 Å². The average Bonchev–Trinajstić information content (AvgIpc) is 2.45. The van der Waals surface area contributed by atoms with Gasteiger partial charge in [0.1, 0.15) is 0 Å². The second kappa shape index (κ2) is 6.73. The normalized spacial score (nSPS) is 12.2. The van der Waals surface area contributed by atoms with Gasteiger partial charge in [-0.2, -0.15) is 0 Å². The van der Waals surface area contributed by atoms with Crippen LogP contribution in [0.15, 0.2) is 42.5 Å². The highest BCUT2D eigenvalue weighted by Gasteiger charge is 2.07. The molecule has 0 bridgehead atoms. The lowest BCUT2D eigenvalue weighted by Gasteiger charge is -2.15. The Hall–Kier alpha value is -1.58. The SMILES string of the molecule is COc1ccc(CN[C@H](C)c2cccc(Cl)c2)cc1F. The fourth-order valence-electron chi connectivity index (χ4n) is 1.98. The molecule has 0 spiro atoms. The number of methoxy groups -OCH3 is 1. The topological polar surface area (TPSA) is 21.3 Å². The fourth-order valence-corrected chi connectivity index (χ4v) is 2.18. The molecule has 106 valence electrons. The highest BCUT2D eigenvalue weighted by molar-refractivity contribution is 6.30. The quantitative estimate of drug-likeness (QED) is 0.885. The molecule has 1 atom stereocenters. The zero-order valence-corrected chi connectivity index (χ0v) is 12.2. The first-order chi connectivity index (χ1) is 9.60. The van der Waals surface area contributed by atoms with E-state index in [1.807, 2.05) is 37.3 Å². The Morgan fingerprint density at radius 1 is 1.25 bits per heavy atom. The van der Waals surface area contributed by atoms with Crippen LogP contribution < -0.4 is 10.1 Å². The molecule has 0 aromatic heterocycles. The molecule has 0 aliphatic carbocycles. The van der Waals surface area contributed by atoms with Crippen LogP contribution in [0, 0.1) is 5.82 Å². The number of ether oxygens (including phenoxy) is 1. The van der Waals surface area contributed by atoms with Crippen LogP contribution >= 0.6 is 11.6 Å². The van der Waals surface area contributed by atoms with Crippen LogP contribution in [0.5, 0.6) is 5.75 Å². The molecule has 0 aliphatic heterocycles. The van der Waals surface area contributed by atoms with E-state index in [0.717, 1.165) is 11.1 Å². The monoisotopic (exact) mass is 293 g/mol. The second-order valence-electron chi connectivity index (χ2n) is 4.63. The van der Waals surface area contributed by atoms with Crippen LogP contribution in [0.4, 0.5) is 4.39 Å². The minimum absolute atomic E-state index is 0.138. The molecule has 0 heterocycles. The summed E-state index contributed by atoms with van der Waals surface area (Å²) in [5.74, 6) is -0.0844. The van der Waals surface area contributed by atoms with Crippen LogP contribution in [-0.2, 0) is 6.54 Å². The Morgan fingerprint density at radius 2 is 2.05 bits per heavy atom. The summed E-state index contributed by atoms with van der Waals surface area (Å²) in [6.45, 7) is 2.63. The molecule has 2 aromatic rings. The van der Waals surface area contributed by atoms with Gasteiger partial charge in [-0.3, -0.25) is 0 Å². The molecule has 0 fully saturated rings. The van der Waals surface area contributed by atoms with Gasteiger partial charge in [-0.05, 0) is 42.3 Å². The zero-order chi connectivity index (χ0) is 14.5. The Balaban J connectivity index is 1.99. The summed E-state index contributed by atoms with van der Waals surface area (Å²) in [5, 5.41) is 4.06. The molecule has 0 unspecified atom stereocenters. The van der Waals surface area contributed by atoms with E-state index >= 15 is 0 Å². The van der Waals surface area contributed by atoms with Gasteiger partial charge < -0.3 is 10.1 Å². The van der Waals surface area contributed by atoms with Gasteiger partial charge in [-0.1, -0.05) is 29.8 Å². The van der Waals surface area contributed by atoms with Crippen molar-refractivity contribution in [3.63, 3.8) is 0 Å². The number of benzene rings is 2. The van der Waals surface area contributed by atoms with Gasteiger partial charge in [0.05, 0.1) is 7.11 Å². The van der Waals surface area contributed by atoms with Crippen molar-refractivity contribution in [1.82, 2.24) is 5.32 Å². The summed E-state index contributed by atoms with van der Waals surface area (Å²) in [7, 11) is 1.46. The first kappa shape index (κ1) is 14.8. The van der Waals surface area contributed by atoms with E-state index in [9.17, 15) is 4.39 Å². The van der Waals surface area contributed by atoms with Crippen molar-refractivity contribution >= 4 is 11.6 Å². The molecule has 0 saturated carbocycles. The van der Waals surface area contributed by atoms with Gasteiger partial charge in [0, 0.05) is 17.6 Å². The third-order valence-electron chi connectivity index (χ3n) is 3.18. The average molecular weight is 294 g/mol. The van der Waals surface area contributed by atoms with E-state index in [4.69, 9.17) is 16.3 Å². The maximum Gasteiger partial charge on any atom is 0.165 e. The molecule has 0 radical (unpaired) electrons. The first-order valence-corrected chi connectivity index (χ1v) is 6.79. The summed E-state index contributed by atoms with van der Waals surface area (Å²) in [5.41, 5.74) is 1.98. The molecule has 4 heteroatoms. The lowest BCUT2D eigenvalue weighted by Crippen LogP contribution is -2.18. The van der Waals surface area contributed by atoms with Crippen molar-refractivity contribution in [2.75, 3.05) is 7.11 Å². The molecule has 0 aliphatic rings. The summed E-state index contributed by atoms with van der Waals surface area (Å²) < 4.78 is 18.5. The molecule has 0 amide bonds. The zero-order valence-electron chi connectivity index (χ0n) is 11.5. The Bertz CT molecular complexity index is 588. The first-order valence-electron chi connectivity index (χ1n) is 6.41. The van der Waals surface area contributed by atoms with Crippen LogP contribution in [-0.4, -0.2) is 7.11 Å². The van der Waals surface area contributed by atoms with Gasteiger partial charge in [0.25, 0.3) is 0 Å². The second-order valence-corrected chi connectivity index (χ2v) is 5.06. The summed E-state index contributed by atoms with van der Waals surface area (Å²) in [6.07, 6.45) is 0. The van der Waals surface area contributed by atoms with Crippen LogP contribution in [0.25, 0.3) is 0 Å². The third-order valence-corrected chi connectivity index (χ3v) is 3.41. The van der Waals surface area contributed by atoms with E-state index < -0.39 is 0 Å². The Labute approximate surface area is 123 Å². The van der Waals surface area contributed by atoms with Gasteiger partial charge in [0.15, 0.2) is 11.6 Å². The van der Waals surface area contributed by atoms with Gasteiger partial charge in [-0.15, -0.1) is 0 Å². The van der Waals surface area contributed by atoms with Gasteiger partial charge in [0.2, 0.25) is 0 Å². The number of rotatable bonds is 5. The summed E-state index contributed by atoms with van der Waals surface area (Å²) in [6, 6.07) is 12.8. The lowest BCUT2D eigenvalue weighted by molar-refractivity contribution is 0.386. The molecule has 20 heavy (non-hydrogen) atoms. The minimum atomic E-state index is -0.345. The van der Waals surface area contributed by atoms with E-state index in [1.54, 1.807) is 6.07 Å². The van der Waals surface area contributed by atoms with Crippen molar-refractivity contribution < 1.29 is 9.13 Å². The van der Waals surface area contributed by atoms with E-state index in [-0.39, 0.29) is 17.6 Å². The number of nitrogens with one attached hydrogen (secondary N) is 1. The molecule has 2 aromatic carbocycles. The van der Waals surface area contributed by atoms with E-state index in [1.165, 1.54) is 13.2 Å². The van der Waals surface area contributed by atoms with Crippen LogP contribution in [0.2, 0.25) is 5.02 Å². The highest BCUT2D eigenvalue weighted by atomic mass is 35.5. The van der Waals surface area contributed by atoms with Gasteiger partial charge >= 0.3 is 0 Å². The third kappa shape index (κ3) is 3.71. The molecule has 2 rings (SSSR count). The van der Waals surface area contributed by atoms with Crippen molar-refractivity contribution in [3.8, 4) is 5.75 Å². The standard InChI is InChI=1S/C16H17ClFNO/c1-11(13-4-3-5-14(17)9-13)19-10-12-6-7-16(20-2)15(18)8-12/h3-9,11,19H,10H2,1-2H3/t11-/m1/s1. The smallest absolute Gasteiger partial charge is 0.165 e. The molecular weight excluding hydrogens is 277 g/mol. The van der Waals surface area contributed by atoms with Crippen molar-refractivity contribution in [3.05, 3.63) is 64.4 Å². The summed E-state index contributed by atoms with van der Waals surface area (Å²) >= 11 is 5.97. The Morgan fingerprint density at radius 3 is 2.70 bits per heavy atom. The maximum absolute atomic E-state index is 13.6. The van der Waals surface area contributed by atoms with Crippen LogP contribution in [0.1, 0.15) is 24.1 Å². The number of hydrogen-bond acceptors (Lipinski definition) is 2. The molecule has 2 nitrogen and oxygen atoms in total. The maximum atomic E-state index is 13.6. The number of halogens is 2. The molecule has 1 N–H and O–H groups in total. The molecular formula is C16H17ClFNO. The number of hydrogen-bond donors (Lipinski definition) is 1. The largest absolute Gasteiger partial charge is 0.494 e.